The van der Waals surface area contributed by atoms with Crippen molar-refractivity contribution in [3.8, 4) is 27.8 Å². The highest BCUT2D eigenvalue weighted by Gasteiger charge is 2.15. The number of nitrogens with zero attached hydrogens (tertiary/aromatic N) is 1. The molecule has 0 atom stereocenters. The summed E-state index contributed by atoms with van der Waals surface area (Å²) < 4.78 is 16.0. The number of methoxy groups -OCH3 is 3. The number of rotatable bonds is 7. The van der Waals surface area contributed by atoms with Crippen molar-refractivity contribution in [3.63, 3.8) is 0 Å². The largest absolute Gasteiger partial charge is 0.493 e. The van der Waals surface area contributed by atoms with Crippen molar-refractivity contribution in [2.24, 2.45) is 0 Å². The highest BCUT2D eigenvalue weighted by Crippen LogP contribution is 2.38. The molecule has 1 heterocycles. The second-order valence-electron chi connectivity index (χ2n) is 5.96. The van der Waals surface area contributed by atoms with E-state index >= 15 is 0 Å². The first-order valence-corrected chi connectivity index (χ1v) is 9.44. The Morgan fingerprint density at radius 2 is 1.64 bits per heavy atom. The molecule has 2 aromatic carbocycles. The summed E-state index contributed by atoms with van der Waals surface area (Å²) >= 11 is 1.40. The molecule has 0 unspecified atom stereocenters. The van der Waals surface area contributed by atoms with E-state index in [0.29, 0.717) is 22.1 Å². The number of hydrogen-bond donors (Lipinski definition) is 0. The lowest BCUT2D eigenvalue weighted by molar-refractivity contribution is 0.105. The smallest absolute Gasteiger partial charge is 0.203 e. The summed E-state index contributed by atoms with van der Waals surface area (Å²) in [7, 11) is 4.67. The Morgan fingerprint density at radius 1 is 1.00 bits per heavy atom. The van der Waals surface area contributed by atoms with Gasteiger partial charge in [0.25, 0.3) is 0 Å². The molecule has 0 radical (unpaired) electrons. The number of ether oxygens (including phenoxy) is 3. The SMILES string of the molecule is COc1cc(/C=C/C(=O)c2sc(-c3ccccc3)nc2C)cc(OC)c1OC. The van der Waals surface area contributed by atoms with Gasteiger partial charge in [-0.25, -0.2) is 4.98 Å². The van der Waals surface area contributed by atoms with Crippen LogP contribution in [0, 0.1) is 6.92 Å². The number of aromatic nitrogens is 1. The first-order chi connectivity index (χ1) is 13.6. The molecule has 3 rings (SSSR count). The van der Waals surface area contributed by atoms with Crippen LogP contribution < -0.4 is 14.2 Å². The average Bonchev–Trinajstić information content (AvgIpc) is 3.13. The van der Waals surface area contributed by atoms with Gasteiger partial charge in [0, 0.05) is 5.56 Å². The van der Waals surface area contributed by atoms with Crippen molar-refractivity contribution in [2.75, 3.05) is 21.3 Å². The summed E-state index contributed by atoms with van der Waals surface area (Å²) in [5.74, 6) is 1.49. The van der Waals surface area contributed by atoms with Crippen LogP contribution in [-0.2, 0) is 0 Å². The monoisotopic (exact) mass is 395 g/mol. The molecule has 0 fully saturated rings. The van der Waals surface area contributed by atoms with Gasteiger partial charge in [0.15, 0.2) is 17.3 Å². The summed E-state index contributed by atoms with van der Waals surface area (Å²) in [6, 6.07) is 13.4. The Hall–Kier alpha value is -3.12. The van der Waals surface area contributed by atoms with E-state index in [1.165, 1.54) is 17.4 Å². The lowest BCUT2D eigenvalue weighted by Crippen LogP contribution is -1.96. The molecule has 0 aliphatic rings. The summed E-state index contributed by atoms with van der Waals surface area (Å²) in [6.45, 7) is 1.85. The van der Waals surface area contributed by atoms with E-state index in [9.17, 15) is 4.79 Å². The Morgan fingerprint density at radius 3 is 2.21 bits per heavy atom. The molecular weight excluding hydrogens is 374 g/mol. The molecular formula is C22H21NO4S. The van der Waals surface area contributed by atoms with E-state index in [2.05, 4.69) is 4.98 Å². The topological polar surface area (TPSA) is 57.7 Å². The van der Waals surface area contributed by atoms with Crippen LogP contribution >= 0.6 is 11.3 Å². The van der Waals surface area contributed by atoms with Gasteiger partial charge in [0.1, 0.15) is 5.01 Å². The Bertz CT molecular complexity index is 984. The molecule has 28 heavy (non-hydrogen) atoms. The molecule has 0 amide bonds. The Labute approximate surface area is 168 Å². The number of hydrogen-bond acceptors (Lipinski definition) is 6. The Kier molecular flexibility index (Phi) is 6.11. The quantitative estimate of drug-likeness (QED) is 0.414. The van der Waals surface area contributed by atoms with Gasteiger partial charge in [0.2, 0.25) is 5.75 Å². The standard InChI is InChI=1S/C22H21NO4S/c1-14-21(28-22(23-14)16-8-6-5-7-9-16)17(24)11-10-15-12-18(25-2)20(27-4)19(13-15)26-3/h5-13H,1-4H3/b11-10+. The number of thiazole rings is 1. The van der Waals surface area contributed by atoms with Gasteiger partial charge in [-0.2, -0.15) is 0 Å². The predicted octanol–water partition coefficient (Wildman–Crippen LogP) is 5.04. The van der Waals surface area contributed by atoms with Gasteiger partial charge in [-0.15, -0.1) is 11.3 Å². The molecule has 0 saturated carbocycles. The molecule has 3 aromatic rings. The maximum absolute atomic E-state index is 12.7. The van der Waals surface area contributed by atoms with Crippen LogP contribution in [0.3, 0.4) is 0 Å². The van der Waals surface area contributed by atoms with E-state index < -0.39 is 0 Å². The van der Waals surface area contributed by atoms with E-state index in [1.54, 1.807) is 39.5 Å². The third-order valence-electron chi connectivity index (χ3n) is 4.16. The molecule has 6 heteroatoms. The van der Waals surface area contributed by atoms with Crippen LogP contribution in [-0.4, -0.2) is 32.1 Å². The third kappa shape index (κ3) is 4.07. The van der Waals surface area contributed by atoms with Crippen molar-refractivity contribution >= 4 is 23.2 Å². The number of aryl methyl sites for hydroxylation is 1. The third-order valence-corrected chi connectivity index (χ3v) is 5.38. The molecule has 0 aliphatic carbocycles. The average molecular weight is 395 g/mol. The maximum atomic E-state index is 12.7. The van der Waals surface area contributed by atoms with Crippen molar-refractivity contribution < 1.29 is 19.0 Å². The zero-order chi connectivity index (χ0) is 20.1. The number of ketones is 1. The van der Waals surface area contributed by atoms with Crippen LogP contribution in [0.2, 0.25) is 0 Å². The Balaban J connectivity index is 1.87. The van der Waals surface area contributed by atoms with Crippen LogP contribution in [0.25, 0.3) is 16.6 Å². The molecule has 144 valence electrons. The van der Waals surface area contributed by atoms with E-state index in [4.69, 9.17) is 14.2 Å². The highest BCUT2D eigenvalue weighted by molar-refractivity contribution is 7.17. The zero-order valence-corrected chi connectivity index (χ0v) is 17.0. The summed E-state index contributed by atoms with van der Waals surface area (Å²) in [6.07, 6.45) is 3.27. The first-order valence-electron chi connectivity index (χ1n) is 8.62. The maximum Gasteiger partial charge on any atom is 0.203 e. The normalized spacial score (nSPS) is 10.9. The molecule has 0 aliphatic heterocycles. The van der Waals surface area contributed by atoms with E-state index in [1.807, 2.05) is 37.3 Å². The molecule has 0 bridgehead atoms. The van der Waals surface area contributed by atoms with Gasteiger partial charge >= 0.3 is 0 Å². The van der Waals surface area contributed by atoms with Crippen molar-refractivity contribution in [3.05, 3.63) is 64.7 Å². The predicted molar refractivity (Wildman–Crippen MR) is 112 cm³/mol. The number of benzene rings is 2. The lowest BCUT2D eigenvalue weighted by atomic mass is 10.1. The molecule has 0 spiro atoms. The van der Waals surface area contributed by atoms with Gasteiger partial charge < -0.3 is 14.2 Å². The van der Waals surface area contributed by atoms with E-state index in [0.717, 1.165) is 21.8 Å². The van der Waals surface area contributed by atoms with Crippen LogP contribution in [0.4, 0.5) is 0 Å². The molecule has 0 saturated heterocycles. The number of allylic oxidation sites excluding steroid dienone is 1. The minimum Gasteiger partial charge on any atom is -0.493 e. The fraction of sp³-hybridized carbons (Fsp3) is 0.182. The fourth-order valence-corrected chi connectivity index (χ4v) is 3.77. The lowest BCUT2D eigenvalue weighted by Gasteiger charge is -2.12. The zero-order valence-electron chi connectivity index (χ0n) is 16.2. The van der Waals surface area contributed by atoms with E-state index in [-0.39, 0.29) is 5.78 Å². The van der Waals surface area contributed by atoms with Crippen LogP contribution in [0.5, 0.6) is 17.2 Å². The number of carbonyl (C=O) groups excluding carboxylic acids is 1. The highest BCUT2D eigenvalue weighted by atomic mass is 32.1. The fourth-order valence-electron chi connectivity index (χ4n) is 2.77. The van der Waals surface area contributed by atoms with Gasteiger partial charge in [-0.1, -0.05) is 36.4 Å². The summed E-state index contributed by atoms with van der Waals surface area (Å²) in [5, 5.41) is 0.836. The minimum absolute atomic E-state index is 0.0917. The van der Waals surface area contributed by atoms with Crippen molar-refractivity contribution in [2.45, 2.75) is 6.92 Å². The molecule has 5 nitrogen and oxygen atoms in total. The molecule has 1 aromatic heterocycles. The van der Waals surface area contributed by atoms with Gasteiger partial charge in [-0.05, 0) is 30.7 Å². The summed E-state index contributed by atoms with van der Waals surface area (Å²) in [5.41, 5.74) is 2.50. The van der Waals surface area contributed by atoms with Crippen molar-refractivity contribution in [1.82, 2.24) is 4.98 Å². The second kappa shape index (κ2) is 8.71. The van der Waals surface area contributed by atoms with Gasteiger partial charge in [0.05, 0.1) is 31.9 Å². The second-order valence-corrected chi connectivity index (χ2v) is 6.95. The van der Waals surface area contributed by atoms with Crippen LogP contribution in [0.1, 0.15) is 20.9 Å². The summed E-state index contributed by atoms with van der Waals surface area (Å²) in [4.78, 5) is 17.9. The first kappa shape index (κ1) is 19.6. The number of carbonyl (C=O) groups is 1. The van der Waals surface area contributed by atoms with Gasteiger partial charge in [-0.3, -0.25) is 4.79 Å². The minimum atomic E-state index is -0.0917. The van der Waals surface area contributed by atoms with Crippen molar-refractivity contribution in [1.29, 1.82) is 0 Å². The molecule has 0 N–H and O–H groups in total. The van der Waals surface area contributed by atoms with Crippen LogP contribution in [0.15, 0.2) is 48.5 Å².